The van der Waals surface area contributed by atoms with Gasteiger partial charge in [0.15, 0.2) is 17.4 Å². The number of ether oxygens (including phenoxy) is 1. The monoisotopic (exact) mass is 694 g/mol. The number of piperidine rings is 1. The van der Waals surface area contributed by atoms with Gasteiger partial charge in [-0.25, -0.2) is 13.8 Å². The van der Waals surface area contributed by atoms with Crippen LogP contribution >= 0.6 is 11.6 Å². The number of piperazine rings is 1. The summed E-state index contributed by atoms with van der Waals surface area (Å²) in [5.74, 6) is -4.50. The molecule has 2 aliphatic rings. The van der Waals surface area contributed by atoms with Crippen molar-refractivity contribution in [3.8, 4) is 17.0 Å². The molecule has 13 nitrogen and oxygen atoms in total. The number of carboxylic acid groups (broad SMARTS) is 1. The van der Waals surface area contributed by atoms with Crippen LogP contribution in [0, 0.1) is 11.6 Å². The highest BCUT2D eigenvalue weighted by Gasteiger charge is 2.35. The van der Waals surface area contributed by atoms with Crippen molar-refractivity contribution in [2.45, 2.75) is 24.9 Å². The molecule has 3 heterocycles. The van der Waals surface area contributed by atoms with Crippen LogP contribution in [0.1, 0.15) is 40.2 Å². The predicted octanol–water partition coefficient (Wildman–Crippen LogP) is 3.07. The molecule has 3 aromatic rings. The molecular formula is C31H34ClF3N6O7. The number of nitrogens with one attached hydrogen (secondary N) is 2. The molecule has 0 atom stereocenters. The Kier molecular flexibility index (Phi) is 12.0. The van der Waals surface area contributed by atoms with E-state index in [0.717, 1.165) is 6.07 Å². The van der Waals surface area contributed by atoms with Crippen LogP contribution in [0.3, 0.4) is 0 Å². The summed E-state index contributed by atoms with van der Waals surface area (Å²) >= 11 is 6.43. The van der Waals surface area contributed by atoms with Gasteiger partial charge in [0, 0.05) is 44.5 Å². The highest BCUT2D eigenvalue weighted by atomic mass is 35.5. The summed E-state index contributed by atoms with van der Waals surface area (Å²) < 4.78 is 47.0. The van der Waals surface area contributed by atoms with Crippen LogP contribution in [0.25, 0.3) is 11.3 Å². The third-order valence-corrected chi connectivity index (χ3v) is 8.43. The normalized spacial score (nSPS) is 15.6. The predicted molar refractivity (Wildman–Crippen MR) is 167 cm³/mol. The van der Waals surface area contributed by atoms with Gasteiger partial charge in [-0.3, -0.25) is 19.2 Å². The molecule has 3 amide bonds. The smallest absolute Gasteiger partial charge is 0.291 e. The molecule has 1 aromatic heterocycles. The first-order valence-corrected chi connectivity index (χ1v) is 15.2. The van der Waals surface area contributed by atoms with E-state index >= 15 is 0 Å². The van der Waals surface area contributed by atoms with E-state index in [1.165, 1.54) is 42.1 Å². The Morgan fingerprint density at radius 3 is 2.35 bits per heavy atom. The van der Waals surface area contributed by atoms with Crippen LogP contribution in [-0.4, -0.2) is 105 Å². The Hall–Kier alpha value is -4.67. The van der Waals surface area contributed by atoms with E-state index < -0.39 is 35.8 Å². The zero-order chi connectivity index (χ0) is 35.0. The van der Waals surface area contributed by atoms with E-state index in [0.29, 0.717) is 52.1 Å². The molecule has 2 aliphatic heterocycles. The van der Waals surface area contributed by atoms with Crippen LogP contribution < -0.4 is 15.4 Å². The Bertz CT molecular complexity index is 1660. The number of hydrogen-bond acceptors (Lipinski definition) is 8. The number of hydrogen-bond donors (Lipinski definition) is 4. The molecule has 0 aliphatic carbocycles. The Morgan fingerprint density at radius 1 is 1.08 bits per heavy atom. The Balaban J connectivity index is 0.00000167. The number of nitrogens with zero attached hydrogens (tertiary/aromatic N) is 4. The molecule has 0 bridgehead atoms. The minimum absolute atomic E-state index is 0.0564. The number of aromatic nitrogens is 2. The number of carbonyl (C=O) groups excluding carboxylic acids is 3. The van der Waals surface area contributed by atoms with Gasteiger partial charge < -0.3 is 40.0 Å². The number of carbonyl (C=O) groups is 4. The zero-order valence-corrected chi connectivity index (χ0v) is 26.6. The SMILES string of the molecule is Cn1c(-c2ccc(OCF)c(F)c2F)cnc1C(=O)Nc1ccc(C(=O)N2CCN(C(=O)CC3(O)CCNCC3)CC2)c(Cl)c1.O=CO. The molecular weight excluding hydrogens is 661 g/mol. The fourth-order valence-electron chi connectivity index (χ4n) is 5.52. The summed E-state index contributed by atoms with van der Waals surface area (Å²) in [6, 6.07) is 6.65. The highest BCUT2D eigenvalue weighted by molar-refractivity contribution is 6.34. The van der Waals surface area contributed by atoms with Crippen LogP contribution in [0.5, 0.6) is 5.75 Å². The molecule has 2 aromatic carbocycles. The maximum absolute atomic E-state index is 14.7. The number of imidazole rings is 1. The first-order valence-electron chi connectivity index (χ1n) is 14.8. The summed E-state index contributed by atoms with van der Waals surface area (Å²) in [5, 5.41) is 23.5. The molecule has 2 saturated heterocycles. The van der Waals surface area contributed by atoms with Gasteiger partial charge in [0.25, 0.3) is 18.3 Å². The minimum atomic E-state index is -1.37. The quantitative estimate of drug-likeness (QED) is 0.259. The van der Waals surface area contributed by atoms with Crippen LogP contribution in [0.2, 0.25) is 5.02 Å². The molecule has 0 unspecified atom stereocenters. The molecule has 0 radical (unpaired) electrons. The molecule has 5 rings (SSSR count). The molecule has 2 fully saturated rings. The third kappa shape index (κ3) is 8.24. The van der Waals surface area contributed by atoms with Crippen molar-refractivity contribution in [2.75, 3.05) is 51.4 Å². The molecule has 258 valence electrons. The van der Waals surface area contributed by atoms with E-state index in [9.17, 15) is 32.7 Å². The van der Waals surface area contributed by atoms with Gasteiger partial charge in [-0.1, -0.05) is 11.6 Å². The summed E-state index contributed by atoms with van der Waals surface area (Å²) in [5.41, 5.74) is -0.637. The second-order valence-corrected chi connectivity index (χ2v) is 11.5. The van der Waals surface area contributed by atoms with Crippen LogP contribution in [-0.2, 0) is 16.6 Å². The van der Waals surface area contributed by atoms with Gasteiger partial charge >= 0.3 is 0 Å². The molecule has 0 spiro atoms. The Morgan fingerprint density at radius 2 is 1.73 bits per heavy atom. The van der Waals surface area contributed by atoms with Crippen molar-refractivity contribution < 1.29 is 47.3 Å². The lowest BCUT2D eigenvalue weighted by atomic mass is 9.88. The summed E-state index contributed by atoms with van der Waals surface area (Å²) in [4.78, 5) is 54.6. The number of aliphatic hydroxyl groups is 1. The van der Waals surface area contributed by atoms with Crippen molar-refractivity contribution in [2.24, 2.45) is 7.05 Å². The van der Waals surface area contributed by atoms with Gasteiger partial charge in [-0.2, -0.15) is 4.39 Å². The maximum atomic E-state index is 14.7. The maximum Gasteiger partial charge on any atom is 0.291 e. The lowest BCUT2D eigenvalue weighted by molar-refractivity contribution is -0.139. The van der Waals surface area contributed by atoms with Gasteiger partial charge in [0.1, 0.15) is 0 Å². The van der Waals surface area contributed by atoms with Gasteiger partial charge in [-0.05, 0) is 56.3 Å². The van der Waals surface area contributed by atoms with Crippen molar-refractivity contribution in [3.63, 3.8) is 0 Å². The van der Waals surface area contributed by atoms with E-state index in [4.69, 9.17) is 21.5 Å². The summed E-state index contributed by atoms with van der Waals surface area (Å²) in [6.07, 6.45) is 2.29. The minimum Gasteiger partial charge on any atom is -0.483 e. The van der Waals surface area contributed by atoms with Crippen molar-refractivity contribution in [1.29, 1.82) is 0 Å². The van der Waals surface area contributed by atoms with Crippen molar-refractivity contribution >= 4 is 41.5 Å². The van der Waals surface area contributed by atoms with Gasteiger partial charge in [0.2, 0.25) is 18.6 Å². The largest absolute Gasteiger partial charge is 0.483 e. The molecule has 4 N–H and O–H groups in total. The highest BCUT2D eigenvalue weighted by Crippen LogP contribution is 2.31. The van der Waals surface area contributed by atoms with Gasteiger partial charge in [-0.15, -0.1) is 0 Å². The van der Waals surface area contributed by atoms with Gasteiger partial charge in [0.05, 0.1) is 34.5 Å². The molecule has 0 saturated carbocycles. The number of anilines is 1. The number of halogens is 4. The fraction of sp³-hybridized carbons (Fsp3) is 0.387. The number of rotatable bonds is 8. The standard InChI is InChI=1S/C30H32ClF3N6O5.CH2O2/c1-38-22(20-4-5-23(45-17-32)26(34)25(20)33)16-36-27(38)28(42)37-18-2-3-19(21(31)14-18)29(43)40-12-10-39(11-13-40)24(41)15-30(44)6-8-35-9-7-30;2-1-3/h2-5,14,16,35,44H,6-13,15,17H2,1H3,(H,37,42);1H,(H,2,3). The molecule has 17 heteroatoms. The fourth-order valence-corrected chi connectivity index (χ4v) is 5.78. The van der Waals surface area contributed by atoms with E-state index in [-0.39, 0.29) is 58.1 Å². The van der Waals surface area contributed by atoms with Crippen molar-refractivity contribution in [3.05, 3.63) is 64.6 Å². The topological polar surface area (TPSA) is 166 Å². The molecule has 48 heavy (non-hydrogen) atoms. The lowest BCUT2D eigenvalue weighted by Crippen LogP contribution is -2.53. The average Bonchev–Trinajstić information content (AvgIpc) is 3.44. The zero-order valence-electron chi connectivity index (χ0n) is 25.8. The Labute approximate surface area is 278 Å². The van der Waals surface area contributed by atoms with Crippen LogP contribution in [0.15, 0.2) is 36.5 Å². The number of benzene rings is 2. The van der Waals surface area contributed by atoms with Crippen LogP contribution in [0.4, 0.5) is 18.9 Å². The average molecular weight is 695 g/mol. The van der Waals surface area contributed by atoms with Crippen molar-refractivity contribution in [1.82, 2.24) is 24.7 Å². The van der Waals surface area contributed by atoms with E-state index in [2.05, 4.69) is 20.4 Å². The first-order chi connectivity index (χ1) is 22.9. The van der Waals surface area contributed by atoms with E-state index in [1.54, 1.807) is 9.80 Å². The second-order valence-electron chi connectivity index (χ2n) is 11.1. The second kappa shape index (κ2) is 16.0. The lowest BCUT2D eigenvalue weighted by Gasteiger charge is -2.38. The van der Waals surface area contributed by atoms with E-state index in [1.807, 2.05) is 0 Å². The number of amides is 3. The summed E-state index contributed by atoms with van der Waals surface area (Å²) in [7, 11) is 1.44. The summed E-state index contributed by atoms with van der Waals surface area (Å²) in [6.45, 7) is 1.03. The third-order valence-electron chi connectivity index (χ3n) is 8.12. The first kappa shape index (κ1) is 36.2. The number of alkyl halides is 1.